The van der Waals surface area contributed by atoms with Gasteiger partial charge in [0.15, 0.2) is 16.7 Å². The molecule has 1 amide bonds. The van der Waals surface area contributed by atoms with E-state index in [0.29, 0.717) is 37.3 Å². The summed E-state index contributed by atoms with van der Waals surface area (Å²) in [6, 6.07) is 15.8. The number of aliphatic imine (C=N–C) groups is 1. The Morgan fingerprint density at radius 1 is 1.19 bits per heavy atom. The number of amides is 1. The molecule has 0 unspecified atom stereocenters. The first-order valence-corrected chi connectivity index (χ1v) is 12.2. The Hall–Kier alpha value is -3.63. The van der Waals surface area contributed by atoms with Crippen LogP contribution in [0.15, 0.2) is 75.0 Å². The van der Waals surface area contributed by atoms with Crippen LogP contribution in [0.5, 0.6) is 11.5 Å². The average Bonchev–Trinajstić information content (AvgIpc) is 3.11. The number of rotatable bonds is 7. The molecule has 1 N–H and O–H groups in total. The van der Waals surface area contributed by atoms with Crippen LogP contribution in [0.4, 0.5) is 10.1 Å². The summed E-state index contributed by atoms with van der Waals surface area (Å²) in [5.41, 5.74) is 2.05. The second-order valence-corrected chi connectivity index (χ2v) is 9.54. The molecule has 7 nitrogen and oxygen atoms in total. The molecular weight excluding hydrogens is 551 g/mol. The topological polar surface area (TPSA) is 88.4 Å². The second kappa shape index (κ2) is 11.0. The lowest BCUT2D eigenvalue weighted by atomic mass is 10.1. The zero-order chi connectivity index (χ0) is 25.8. The Morgan fingerprint density at radius 2 is 1.94 bits per heavy atom. The zero-order valence-corrected chi connectivity index (χ0v) is 21.6. The molecule has 0 aromatic heterocycles. The van der Waals surface area contributed by atoms with Gasteiger partial charge in [-0.25, -0.2) is 14.2 Å². The minimum absolute atomic E-state index is 0.114. The predicted molar refractivity (Wildman–Crippen MR) is 140 cm³/mol. The summed E-state index contributed by atoms with van der Waals surface area (Å²) < 4.78 is 25.2. The number of hydrogen-bond donors (Lipinski definition) is 1. The molecule has 3 aromatic carbocycles. The van der Waals surface area contributed by atoms with Crippen molar-refractivity contribution in [2.24, 2.45) is 4.99 Å². The number of ether oxygens (including phenoxy) is 2. The Labute approximate surface area is 219 Å². The molecule has 36 heavy (non-hydrogen) atoms. The van der Waals surface area contributed by atoms with Crippen LogP contribution in [0.1, 0.15) is 21.5 Å². The standard InChI is InChI=1S/C26H20BrFN2O5S/c1-30-24(31)22(36-26(30)29-19-5-3-4-17(13-19)25(32)33)12-16-10-20(27)23(21(11-16)34-2)35-14-15-6-8-18(28)9-7-15/h3-13H,14H2,1-2H3,(H,32,33)/b22-12-,29-26?. The van der Waals surface area contributed by atoms with Crippen molar-refractivity contribution in [2.75, 3.05) is 14.2 Å². The highest BCUT2D eigenvalue weighted by molar-refractivity contribution is 9.10. The SMILES string of the molecule is COc1cc(/C=C2\SC(=Nc3cccc(C(=O)O)c3)N(C)C2=O)cc(Br)c1OCc1ccc(F)cc1. The van der Waals surface area contributed by atoms with Crippen LogP contribution in [0.3, 0.4) is 0 Å². The fraction of sp³-hybridized carbons (Fsp3) is 0.115. The number of carbonyl (C=O) groups excluding carboxylic acids is 1. The number of likely N-dealkylation sites (N-methyl/N-ethyl adjacent to an activating group) is 1. The van der Waals surface area contributed by atoms with E-state index in [1.807, 2.05) is 0 Å². The molecule has 1 aliphatic heterocycles. The maximum absolute atomic E-state index is 13.1. The lowest BCUT2D eigenvalue weighted by molar-refractivity contribution is -0.121. The van der Waals surface area contributed by atoms with Gasteiger partial charge in [-0.05, 0) is 87.4 Å². The molecule has 1 saturated heterocycles. The smallest absolute Gasteiger partial charge is 0.335 e. The highest BCUT2D eigenvalue weighted by atomic mass is 79.9. The van der Waals surface area contributed by atoms with Gasteiger partial charge in [0.05, 0.1) is 27.7 Å². The number of carboxylic acids is 1. The van der Waals surface area contributed by atoms with Crippen LogP contribution in [0, 0.1) is 5.82 Å². The monoisotopic (exact) mass is 570 g/mol. The van der Waals surface area contributed by atoms with Crippen LogP contribution in [0.25, 0.3) is 6.08 Å². The van der Waals surface area contributed by atoms with Gasteiger partial charge in [-0.1, -0.05) is 18.2 Å². The van der Waals surface area contributed by atoms with Crippen LogP contribution >= 0.6 is 27.7 Å². The molecule has 1 fully saturated rings. The van der Waals surface area contributed by atoms with Gasteiger partial charge in [0.2, 0.25) is 0 Å². The number of carbonyl (C=O) groups is 2. The first kappa shape index (κ1) is 25.5. The Kier molecular flexibility index (Phi) is 7.76. The van der Waals surface area contributed by atoms with E-state index in [4.69, 9.17) is 9.47 Å². The minimum atomic E-state index is -1.05. The van der Waals surface area contributed by atoms with Gasteiger partial charge < -0.3 is 14.6 Å². The molecule has 4 rings (SSSR count). The van der Waals surface area contributed by atoms with E-state index in [-0.39, 0.29) is 23.9 Å². The molecule has 0 spiro atoms. The summed E-state index contributed by atoms with van der Waals surface area (Å²) in [6.45, 7) is 0.220. The number of carboxylic acid groups (broad SMARTS) is 1. The summed E-state index contributed by atoms with van der Waals surface area (Å²) in [7, 11) is 3.13. The average molecular weight is 571 g/mol. The molecule has 0 saturated carbocycles. The Bertz CT molecular complexity index is 1390. The molecular formula is C26H20BrFN2O5S. The maximum Gasteiger partial charge on any atom is 0.335 e. The summed E-state index contributed by atoms with van der Waals surface area (Å²) >= 11 is 4.69. The quantitative estimate of drug-likeness (QED) is 0.345. The van der Waals surface area contributed by atoms with Crippen LogP contribution in [0.2, 0.25) is 0 Å². The van der Waals surface area contributed by atoms with Crippen molar-refractivity contribution in [3.05, 3.63) is 92.5 Å². The zero-order valence-electron chi connectivity index (χ0n) is 19.2. The van der Waals surface area contributed by atoms with Crippen molar-refractivity contribution < 1.29 is 28.6 Å². The highest BCUT2D eigenvalue weighted by Gasteiger charge is 2.30. The third kappa shape index (κ3) is 5.77. The molecule has 0 bridgehead atoms. The van der Waals surface area contributed by atoms with Crippen molar-refractivity contribution in [1.29, 1.82) is 0 Å². The van der Waals surface area contributed by atoms with Crippen molar-refractivity contribution in [1.82, 2.24) is 4.90 Å². The number of nitrogens with zero attached hydrogens (tertiary/aromatic N) is 2. The molecule has 1 aliphatic rings. The van der Waals surface area contributed by atoms with E-state index >= 15 is 0 Å². The molecule has 184 valence electrons. The van der Waals surface area contributed by atoms with Gasteiger partial charge in [-0.15, -0.1) is 0 Å². The number of methoxy groups -OCH3 is 1. The number of amidine groups is 1. The van der Waals surface area contributed by atoms with E-state index in [1.165, 1.54) is 48.0 Å². The van der Waals surface area contributed by atoms with Gasteiger partial charge in [0.1, 0.15) is 12.4 Å². The number of halogens is 2. The van der Waals surface area contributed by atoms with Crippen molar-refractivity contribution >= 4 is 56.5 Å². The normalized spacial score (nSPS) is 15.6. The molecule has 0 aliphatic carbocycles. The molecule has 10 heteroatoms. The van der Waals surface area contributed by atoms with Crippen molar-refractivity contribution in [3.63, 3.8) is 0 Å². The lowest BCUT2D eigenvalue weighted by Gasteiger charge is -2.14. The third-order valence-corrected chi connectivity index (χ3v) is 6.82. The van der Waals surface area contributed by atoms with E-state index in [0.717, 1.165) is 5.56 Å². The number of hydrogen-bond acceptors (Lipinski definition) is 6. The molecule has 1 heterocycles. The number of benzene rings is 3. The van der Waals surface area contributed by atoms with E-state index in [1.54, 1.807) is 49.5 Å². The van der Waals surface area contributed by atoms with Crippen LogP contribution in [-0.4, -0.2) is 41.2 Å². The first-order valence-electron chi connectivity index (χ1n) is 10.6. The third-order valence-electron chi connectivity index (χ3n) is 5.17. The fourth-order valence-corrected chi connectivity index (χ4v) is 4.88. The Balaban J connectivity index is 1.57. The highest BCUT2D eigenvalue weighted by Crippen LogP contribution is 2.39. The maximum atomic E-state index is 13.1. The van der Waals surface area contributed by atoms with Crippen LogP contribution in [-0.2, 0) is 11.4 Å². The first-order chi connectivity index (χ1) is 17.2. The number of aromatic carboxylic acids is 1. The van der Waals surface area contributed by atoms with Crippen LogP contribution < -0.4 is 9.47 Å². The van der Waals surface area contributed by atoms with Gasteiger partial charge >= 0.3 is 5.97 Å². The largest absolute Gasteiger partial charge is 0.493 e. The van der Waals surface area contributed by atoms with Crippen molar-refractivity contribution in [3.8, 4) is 11.5 Å². The van der Waals surface area contributed by atoms with Gasteiger partial charge in [0.25, 0.3) is 5.91 Å². The summed E-state index contributed by atoms with van der Waals surface area (Å²) in [5.74, 6) is -0.666. The molecule has 3 aromatic rings. The number of thioether (sulfide) groups is 1. The predicted octanol–water partition coefficient (Wildman–Crippen LogP) is 6.11. The summed E-state index contributed by atoms with van der Waals surface area (Å²) in [6.07, 6.45) is 1.72. The second-order valence-electron chi connectivity index (χ2n) is 7.67. The van der Waals surface area contributed by atoms with Gasteiger partial charge in [0, 0.05) is 7.05 Å². The van der Waals surface area contributed by atoms with E-state index in [2.05, 4.69) is 20.9 Å². The van der Waals surface area contributed by atoms with Gasteiger partial charge in [-0.3, -0.25) is 9.69 Å². The van der Waals surface area contributed by atoms with E-state index in [9.17, 15) is 19.1 Å². The van der Waals surface area contributed by atoms with Crippen molar-refractivity contribution in [2.45, 2.75) is 6.61 Å². The van der Waals surface area contributed by atoms with E-state index < -0.39 is 5.97 Å². The summed E-state index contributed by atoms with van der Waals surface area (Å²) in [5, 5.41) is 9.62. The fourth-order valence-electron chi connectivity index (χ4n) is 3.32. The molecule has 0 radical (unpaired) electrons. The lowest BCUT2D eigenvalue weighted by Crippen LogP contribution is -2.23. The van der Waals surface area contributed by atoms with Gasteiger partial charge in [-0.2, -0.15) is 0 Å². The summed E-state index contributed by atoms with van der Waals surface area (Å²) in [4.78, 5) is 30.4. The minimum Gasteiger partial charge on any atom is -0.493 e. The molecule has 0 atom stereocenters. The Morgan fingerprint density at radius 3 is 2.64 bits per heavy atom.